The molecule has 0 spiro atoms. The number of carbonyl (C=O) groups is 4. The number of nitrogens with zero attached hydrogens (tertiary/aromatic N) is 1. The molecule has 2 atom stereocenters. The number of amides is 4. The number of aromatic amines is 1. The van der Waals surface area contributed by atoms with Crippen LogP contribution in [0, 0.1) is 5.92 Å². The number of rotatable bonds is 9. The van der Waals surface area contributed by atoms with E-state index < -0.39 is 35.3 Å². The standard InChI is InChI=1S/C20H24Cl2FN5O4/c1-10(2)8-14(19(31)27-28(7-6-16(24)29)20(32)17(22)23)26-18(30)15-9-11-12(21)4-3-5-13(11)25-15/h3-5,9-10,14,17,25H,6-8H2,1-2H3,(H2,24,29)(H,26,30)(H,27,31)/t14-,17+/m0/s1. The normalized spacial score (nSPS) is 12.9. The fourth-order valence-electron chi connectivity index (χ4n) is 2.95. The zero-order valence-corrected chi connectivity index (χ0v) is 19.0. The van der Waals surface area contributed by atoms with Crippen LogP contribution in [0.15, 0.2) is 24.3 Å². The molecule has 0 fully saturated rings. The maximum Gasteiger partial charge on any atom is 0.291 e. The topological polar surface area (TPSA) is 137 Å². The summed E-state index contributed by atoms with van der Waals surface area (Å²) in [5.41, 5.74) is 5.67. The zero-order chi connectivity index (χ0) is 24.0. The number of hydrazine groups is 1. The molecule has 5 N–H and O–H groups in total. The second kappa shape index (κ2) is 11.1. The van der Waals surface area contributed by atoms with Crippen molar-refractivity contribution >= 4 is 57.7 Å². The first-order valence-electron chi connectivity index (χ1n) is 9.76. The molecular weight excluding hydrogens is 464 g/mol. The Bertz CT molecular complexity index is 1010. The third-order valence-electron chi connectivity index (χ3n) is 4.46. The van der Waals surface area contributed by atoms with E-state index in [0.29, 0.717) is 20.9 Å². The quantitative estimate of drug-likeness (QED) is 0.318. The molecule has 0 radical (unpaired) electrons. The molecule has 32 heavy (non-hydrogen) atoms. The van der Waals surface area contributed by atoms with Gasteiger partial charge >= 0.3 is 0 Å². The van der Waals surface area contributed by atoms with Gasteiger partial charge in [0, 0.05) is 22.3 Å². The van der Waals surface area contributed by atoms with E-state index >= 15 is 0 Å². The number of benzene rings is 1. The summed E-state index contributed by atoms with van der Waals surface area (Å²) in [5.74, 6) is -3.39. The number of H-pyrrole nitrogens is 1. The predicted octanol–water partition coefficient (Wildman–Crippen LogP) is 2.24. The Hall–Kier alpha value is -2.85. The van der Waals surface area contributed by atoms with Crippen LogP contribution in [0.25, 0.3) is 10.9 Å². The minimum atomic E-state index is -2.43. The van der Waals surface area contributed by atoms with Crippen LogP contribution in [-0.2, 0) is 14.4 Å². The molecule has 0 unspecified atom stereocenters. The minimum absolute atomic E-state index is 0.0140. The molecule has 0 aliphatic rings. The fraction of sp³-hybridized carbons (Fsp3) is 0.400. The Kier molecular flexibility index (Phi) is 8.85. The van der Waals surface area contributed by atoms with Crippen LogP contribution in [0.3, 0.4) is 0 Å². The fourth-order valence-corrected chi connectivity index (χ4v) is 3.30. The Balaban J connectivity index is 2.19. The van der Waals surface area contributed by atoms with Gasteiger partial charge in [0.25, 0.3) is 23.4 Å². The van der Waals surface area contributed by atoms with E-state index in [9.17, 15) is 23.6 Å². The van der Waals surface area contributed by atoms with Gasteiger partial charge in [0.1, 0.15) is 11.7 Å². The van der Waals surface area contributed by atoms with E-state index in [2.05, 4.69) is 15.7 Å². The molecule has 1 aromatic carbocycles. The smallest absolute Gasteiger partial charge is 0.291 e. The van der Waals surface area contributed by atoms with Crippen molar-refractivity contribution in [1.29, 1.82) is 0 Å². The number of hydrogen-bond donors (Lipinski definition) is 4. The van der Waals surface area contributed by atoms with E-state index in [4.69, 9.17) is 28.9 Å². The summed E-state index contributed by atoms with van der Waals surface area (Å²) in [6.07, 6.45) is -0.108. The van der Waals surface area contributed by atoms with Crippen molar-refractivity contribution in [2.24, 2.45) is 11.7 Å². The van der Waals surface area contributed by atoms with Gasteiger partial charge in [-0.3, -0.25) is 24.6 Å². The van der Waals surface area contributed by atoms with Crippen LogP contribution in [0.1, 0.15) is 37.2 Å². The first-order valence-corrected chi connectivity index (χ1v) is 10.6. The van der Waals surface area contributed by atoms with Gasteiger partial charge in [-0.2, -0.15) is 0 Å². The maximum absolute atomic E-state index is 13.3. The molecule has 2 rings (SSSR count). The second-order valence-electron chi connectivity index (χ2n) is 7.52. The van der Waals surface area contributed by atoms with Gasteiger partial charge in [-0.15, -0.1) is 0 Å². The summed E-state index contributed by atoms with van der Waals surface area (Å²) >= 11 is 11.3. The first kappa shape index (κ1) is 25.4. The number of nitrogens with one attached hydrogen (secondary N) is 3. The molecular formula is C20H24Cl2FN5O4. The summed E-state index contributed by atoms with van der Waals surface area (Å²) < 4.78 is 13.3. The Morgan fingerprint density at radius 2 is 1.94 bits per heavy atom. The van der Waals surface area contributed by atoms with Gasteiger partial charge in [-0.05, 0) is 30.5 Å². The van der Waals surface area contributed by atoms with E-state index in [1.165, 1.54) is 0 Å². The summed E-state index contributed by atoms with van der Waals surface area (Å²) in [5, 5.41) is 4.28. The van der Waals surface area contributed by atoms with E-state index in [1.54, 1.807) is 24.3 Å². The molecule has 0 saturated carbocycles. The monoisotopic (exact) mass is 487 g/mol. The summed E-state index contributed by atoms with van der Waals surface area (Å²) in [7, 11) is 0. The van der Waals surface area contributed by atoms with E-state index in [1.807, 2.05) is 13.8 Å². The van der Waals surface area contributed by atoms with Gasteiger partial charge in [0.05, 0.1) is 6.54 Å². The molecule has 1 heterocycles. The SMILES string of the molecule is CC(C)C[C@H](NC(=O)c1cc2c(Cl)cccc2[nH]1)C(=O)NN(CCC(N)=O)C(=O)[C@@H](F)Cl. The van der Waals surface area contributed by atoms with Crippen molar-refractivity contribution in [2.75, 3.05) is 6.54 Å². The van der Waals surface area contributed by atoms with Crippen molar-refractivity contribution in [2.45, 2.75) is 38.4 Å². The van der Waals surface area contributed by atoms with Crippen LogP contribution in [-0.4, -0.2) is 51.8 Å². The highest BCUT2D eigenvalue weighted by atomic mass is 35.5. The number of alkyl halides is 2. The van der Waals surface area contributed by atoms with Gasteiger partial charge in [0.15, 0.2) is 0 Å². The van der Waals surface area contributed by atoms with Gasteiger partial charge in [0.2, 0.25) is 5.91 Å². The van der Waals surface area contributed by atoms with Gasteiger partial charge < -0.3 is 16.0 Å². The van der Waals surface area contributed by atoms with Crippen LogP contribution in [0.5, 0.6) is 0 Å². The lowest BCUT2D eigenvalue weighted by atomic mass is 10.0. The lowest BCUT2D eigenvalue weighted by Crippen LogP contribution is -2.56. The highest BCUT2D eigenvalue weighted by molar-refractivity contribution is 6.35. The summed E-state index contributed by atoms with van der Waals surface area (Å²) in [6, 6.07) is 5.65. The van der Waals surface area contributed by atoms with Crippen LogP contribution in [0.4, 0.5) is 4.39 Å². The maximum atomic E-state index is 13.3. The van der Waals surface area contributed by atoms with Crippen LogP contribution >= 0.6 is 23.2 Å². The number of hydrogen-bond acceptors (Lipinski definition) is 4. The van der Waals surface area contributed by atoms with Crippen molar-refractivity contribution in [3.63, 3.8) is 0 Å². The molecule has 4 amide bonds. The summed E-state index contributed by atoms with van der Waals surface area (Å²) in [6.45, 7) is 3.29. The Morgan fingerprint density at radius 3 is 2.50 bits per heavy atom. The Morgan fingerprint density at radius 1 is 1.25 bits per heavy atom. The Labute approximate surface area is 193 Å². The van der Waals surface area contributed by atoms with E-state index in [0.717, 1.165) is 0 Å². The lowest BCUT2D eigenvalue weighted by Gasteiger charge is -2.27. The number of fused-ring (bicyclic) bond motifs is 1. The van der Waals surface area contributed by atoms with Gasteiger partial charge in [-0.1, -0.05) is 43.1 Å². The number of primary amides is 1. The summed E-state index contributed by atoms with van der Waals surface area (Å²) in [4.78, 5) is 51.5. The lowest BCUT2D eigenvalue weighted by molar-refractivity contribution is -0.144. The molecule has 9 nitrogen and oxygen atoms in total. The molecule has 2 aromatic rings. The molecule has 0 bridgehead atoms. The van der Waals surface area contributed by atoms with Crippen LogP contribution < -0.4 is 16.5 Å². The number of aromatic nitrogens is 1. The molecule has 0 saturated heterocycles. The predicted molar refractivity (Wildman–Crippen MR) is 118 cm³/mol. The van der Waals surface area contributed by atoms with E-state index in [-0.39, 0.29) is 31.0 Å². The minimum Gasteiger partial charge on any atom is -0.370 e. The van der Waals surface area contributed by atoms with Crippen molar-refractivity contribution in [1.82, 2.24) is 20.7 Å². The zero-order valence-electron chi connectivity index (χ0n) is 17.5. The number of carbonyl (C=O) groups excluding carboxylic acids is 4. The van der Waals surface area contributed by atoms with Crippen molar-refractivity contribution in [3.05, 3.63) is 35.0 Å². The second-order valence-corrected chi connectivity index (χ2v) is 8.31. The highest BCUT2D eigenvalue weighted by Crippen LogP contribution is 2.24. The van der Waals surface area contributed by atoms with Crippen molar-refractivity contribution in [3.8, 4) is 0 Å². The molecule has 0 aliphatic heterocycles. The van der Waals surface area contributed by atoms with Crippen molar-refractivity contribution < 1.29 is 23.6 Å². The van der Waals surface area contributed by atoms with Gasteiger partial charge in [-0.25, -0.2) is 9.40 Å². The third kappa shape index (κ3) is 6.83. The molecule has 1 aromatic heterocycles. The third-order valence-corrected chi connectivity index (χ3v) is 4.98. The van der Waals surface area contributed by atoms with Crippen LogP contribution in [0.2, 0.25) is 5.02 Å². The molecule has 0 aliphatic carbocycles. The number of nitrogens with two attached hydrogens (primary N) is 1. The highest BCUT2D eigenvalue weighted by Gasteiger charge is 2.29. The number of halogens is 3. The molecule has 12 heteroatoms. The largest absolute Gasteiger partial charge is 0.370 e. The first-order chi connectivity index (χ1) is 15.0. The average Bonchev–Trinajstić information content (AvgIpc) is 3.15. The molecule has 174 valence electrons. The average molecular weight is 488 g/mol.